The fourth-order valence-corrected chi connectivity index (χ4v) is 4.05. The molecular formula is C19H25ClN2OS. The molecule has 0 atom stereocenters. The second-order valence-electron chi connectivity index (χ2n) is 6.51. The molecule has 0 aliphatic carbocycles. The lowest BCUT2D eigenvalue weighted by Crippen LogP contribution is -3.00. The standard InChI is InChI=1S/C19H25N2OS.ClH/c1-15-16(2)23-14-21(15)13-19(22)20-10-8-18(9-11-20)12-17-6-4-3-5-7-17;/h3-7,14,18H,8-13H2,1-2H3;1H/q+1;/p-1. The van der Waals surface area contributed by atoms with Crippen molar-refractivity contribution in [1.82, 2.24) is 4.90 Å². The van der Waals surface area contributed by atoms with E-state index in [1.807, 2.05) is 4.90 Å². The first kappa shape index (κ1) is 18.9. The van der Waals surface area contributed by atoms with Crippen molar-refractivity contribution < 1.29 is 21.8 Å². The molecule has 0 spiro atoms. The van der Waals surface area contributed by atoms with Gasteiger partial charge in [-0.3, -0.25) is 4.79 Å². The molecule has 24 heavy (non-hydrogen) atoms. The Hall–Kier alpha value is -1.39. The predicted octanol–water partition coefficient (Wildman–Crippen LogP) is 0.138. The minimum atomic E-state index is 0. The zero-order valence-corrected chi connectivity index (χ0v) is 15.9. The summed E-state index contributed by atoms with van der Waals surface area (Å²) < 4.78 is 2.08. The van der Waals surface area contributed by atoms with Gasteiger partial charge in [0.15, 0.2) is 5.69 Å². The number of rotatable bonds is 4. The summed E-state index contributed by atoms with van der Waals surface area (Å²) in [7, 11) is 0. The monoisotopic (exact) mass is 364 g/mol. The van der Waals surface area contributed by atoms with Crippen molar-refractivity contribution in [2.45, 2.75) is 39.7 Å². The Morgan fingerprint density at radius 3 is 2.46 bits per heavy atom. The summed E-state index contributed by atoms with van der Waals surface area (Å²) in [5, 5.41) is 0. The lowest BCUT2D eigenvalue weighted by atomic mass is 9.90. The first-order valence-electron chi connectivity index (χ1n) is 8.39. The number of carbonyl (C=O) groups is 1. The number of hydrogen-bond donors (Lipinski definition) is 0. The number of aryl methyl sites for hydroxylation is 1. The summed E-state index contributed by atoms with van der Waals surface area (Å²) in [5.74, 6) is 0.966. The molecule has 130 valence electrons. The zero-order valence-electron chi connectivity index (χ0n) is 14.4. The van der Waals surface area contributed by atoms with Crippen molar-refractivity contribution in [3.8, 4) is 0 Å². The molecule has 2 heterocycles. The van der Waals surface area contributed by atoms with E-state index in [-0.39, 0.29) is 18.3 Å². The molecule has 0 unspecified atom stereocenters. The van der Waals surface area contributed by atoms with E-state index in [2.05, 4.69) is 54.3 Å². The first-order chi connectivity index (χ1) is 11.1. The third-order valence-electron chi connectivity index (χ3n) is 4.94. The van der Waals surface area contributed by atoms with Gasteiger partial charge < -0.3 is 17.3 Å². The number of amides is 1. The van der Waals surface area contributed by atoms with Crippen LogP contribution in [0.3, 0.4) is 0 Å². The molecule has 3 nitrogen and oxygen atoms in total. The van der Waals surface area contributed by atoms with Gasteiger partial charge in [-0.15, -0.1) is 0 Å². The molecule has 0 bridgehead atoms. The van der Waals surface area contributed by atoms with Crippen LogP contribution in [-0.4, -0.2) is 23.9 Å². The van der Waals surface area contributed by atoms with Gasteiger partial charge in [0.2, 0.25) is 12.1 Å². The van der Waals surface area contributed by atoms with Crippen molar-refractivity contribution in [1.29, 1.82) is 0 Å². The number of hydrogen-bond acceptors (Lipinski definition) is 2. The summed E-state index contributed by atoms with van der Waals surface area (Å²) in [6.07, 6.45) is 3.38. The average molecular weight is 365 g/mol. The molecular weight excluding hydrogens is 340 g/mol. The number of piperidine rings is 1. The van der Waals surface area contributed by atoms with Gasteiger partial charge in [-0.05, 0) is 37.7 Å². The van der Waals surface area contributed by atoms with Gasteiger partial charge >= 0.3 is 0 Å². The van der Waals surface area contributed by atoms with Gasteiger partial charge in [0.25, 0.3) is 5.91 Å². The summed E-state index contributed by atoms with van der Waals surface area (Å²) >= 11 is 1.71. The van der Waals surface area contributed by atoms with E-state index >= 15 is 0 Å². The smallest absolute Gasteiger partial charge is 0.288 e. The quantitative estimate of drug-likeness (QED) is 0.708. The SMILES string of the molecule is Cc1sc[n+](CC(=O)N2CCC(Cc3ccccc3)CC2)c1C.[Cl-]. The maximum Gasteiger partial charge on any atom is 0.288 e. The number of halogens is 1. The fourth-order valence-electron chi connectivity index (χ4n) is 3.24. The van der Waals surface area contributed by atoms with E-state index in [4.69, 9.17) is 0 Å². The van der Waals surface area contributed by atoms with Crippen LogP contribution in [0.4, 0.5) is 0 Å². The van der Waals surface area contributed by atoms with E-state index in [1.54, 1.807) is 11.3 Å². The van der Waals surface area contributed by atoms with Gasteiger partial charge in [-0.25, -0.2) is 0 Å². The van der Waals surface area contributed by atoms with E-state index in [0.29, 0.717) is 12.5 Å². The first-order valence-corrected chi connectivity index (χ1v) is 9.27. The van der Waals surface area contributed by atoms with Crippen LogP contribution >= 0.6 is 11.3 Å². The third-order valence-corrected chi connectivity index (χ3v) is 5.95. The van der Waals surface area contributed by atoms with Crippen LogP contribution in [0.1, 0.15) is 29.0 Å². The van der Waals surface area contributed by atoms with Crippen molar-refractivity contribution in [3.05, 3.63) is 52.0 Å². The van der Waals surface area contributed by atoms with Crippen molar-refractivity contribution in [2.24, 2.45) is 5.92 Å². The minimum absolute atomic E-state index is 0. The second kappa shape index (κ2) is 8.63. The number of nitrogens with zero attached hydrogens (tertiary/aromatic N) is 2. The number of aromatic nitrogens is 1. The molecule has 0 saturated carbocycles. The van der Waals surface area contributed by atoms with Gasteiger partial charge in [0.1, 0.15) is 0 Å². The highest BCUT2D eigenvalue weighted by atomic mass is 35.5. The lowest BCUT2D eigenvalue weighted by molar-refractivity contribution is -0.686. The van der Waals surface area contributed by atoms with Gasteiger partial charge in [-0.1, -0.05) is 41.7 Å². The predicted molar refractivity (Wildman–Crippen MR) is 93.4 cm³/mol. The lowest BCUT2D eigenvalue weighted by Gasteiger charge is -2.31. The van der Waals surface area contributed by atoms with Crippen LogP contribution < -0.4 is 17.0 Å². The van der Waals surface area contributed by atoms with Crippen molar-refractivity contribution in [3.63, 3.8) is 0 Å². The van der Waals surface area contributed by atoms with Crippen LogP contribution in [-0.2, 0) is 17.8 Å². The topological polar surface area (TPSA) is 24.2 Å². The van der Waals surface area contributed by atoms with Gasteiger partial charge in [-0.2, -0.15) is 4.57 Å². The van der Waals surface area contributed by atoms with Gasteiger partial charge in [0, 0.05) is 20.0 Å². The largest absolute Gasteiger partial charge is 1.00 e. The van der Waals surface area contributed by atoms with Gasteiger partial charge in [0.05, 0.1) is 4.88 Å². The van der Waals surface area contributed by atoms with E-state index in [1.165, 1.54) is 16.1 Å². The van der Waals surface area contributed by atoms with Crippen LogP contribution in [0.15, 0.2) is 35.8 Å². The Morgan fingerprint density at radius 2 is 1.88 bits per heavy atom. The highest BCUT2D eigenvalue weighted by molar-refractivity contribution is 7.09. The Kier molecular flexibility index (Phi) is 6.81. The second-order valence-corrected chi connectivity index (χ2v) is 7.57. The van der Waals surface area contributed by atoms with Crippen LogP contribution in [0, 0.1) is 19.8 Å². The summed E-state index contributed by atoms with van der Waals surface area (Å²) in [5.41, 5.74) is 4.68. The molecule has 1 fully saturated rings. The molecule has 0 N–H and O–H groups in total. The molecule has 1 amide bonds. The normalized spacial score (nSPS) is 15.2. The number of likely N-dealkylation sites (tertiary alicyclic amines) is 1. The molecule has 3 rings (SSSR count). The molecule has 1 aliphatic rings. The van der Waals surface area contributed by atoms with Crippen LogP contribution in [0.2, 0.25) is 0 Å². The maximum absolute atomic E-state index is 12.5. The average Bonchev–Trinajstić information content (AvgIpc) is 2.88. The summed E-state index contributed by atoms with van der Waals surface area (Å²) in [6.45, 7) is 6.49. The van der Waals surface area contributed by atoms with Crippen molar-refractivity contribution >= 4 is 17.2 Å². The third kappa shape index (κ3) is 4.58. The van der Waals surface area contributed by atoms with Crippen LogP contribution in [0.5, 0.6) is 0 Å². The van der Waals surface area contributed by atoms with E-state index in [0.717, 1.165) is 32.4 Å². The number of thiazole rings is 1. The zero-order chi connectivity index (χ0) is 16.2. The molecule has 1 aromatic carbocycles. The number of benzene rings is 1. The molecule has 1 saturated heterocycles. The Labute approximate surface area is 154 Å². The molecule has 1 aromatic heterocycles. The Bertz CT molecular complexity index is 663. The molecule has 5 heteroatoms. The van der Waals surface area contributed by atoms with Crippen molar-refractivity contribution in [2.75, 3.05) is 13.1 Å². The molecule has 1 aliphatic heterocycles. The van der Waals surface area contributed by atoms with E-state index in [9.17, 15) is 4.79 Å². The molecule has 2 aromatic rings. The Morgan fingerprint density at radius 1 is 1.21 bits per heavy atom. The highest BCUT2D eigenvalue weighted by Crippen LogP contribution is 2.21. The van der Waals surface area contributed by atoms with Crippen LogP contribution in [0.25, 0.3) is 0 Å². The highest BCUT2D eigenvalue weighted by Gasteiger charge is 2.26. The Balaban J connectivity index is 0.00000208. The van der Waals surface area contributed by atoms with E-state index < -0.39 is 0 Å². The minimum Gasteiger partial charge on any atom is -1.00 e. The summed E-state index contributed by atoms with van der Waals surface area (Å²) in [6, 6.07) is 10.7. The molecule has 0 radical (unpaired) electrons. The summed E-state index contributed by atoms with van der Waals surface area (Å²) in [4.78, 5) is 15.8. The number of carbonyl (C=O) groups excluding carboxylic acids is 1. The fraction of sp³-hybridized carbons (Fsp3) is 0.474. The maximum atomic E-state index is 12.5.